The van der Waals surface area contributed by atoms with Gasteiger partial charge in [-0.1, -0.05) is 17.7 Å². The fourth-order valence-electron chi connectivity index (χ4n) is 1.58. The summed E-state index contributed by atoms with van der Waals surface area (Å²) in [6.45, 7) is 0.363. The molecular formula is C14H13ClN2O2. The average Bonchev–Trinajstić information content (AvgIpc) is 2.45. The second kappa shape index (κ2) is 6.20. The number of amides is 1. The Balaban J connectivity index is 2.04. The van der Waals surface area contributed by atoms with E-state index in [9.17, 15) is 4.79 Å². The lowest BCUT2D eigenvalue weighted by Gasteiger charge is -2.07. The number of methoxy groups -OCH3 is 1. The largest absolute Gasteiger partial charge is 0.497 e. The summed E-state index contributed by atoms with van der Waals surface area (Å²) >= 11 is 6.03. The first-order valence-electron chi connectivity index (χ1n) is 5.72. The van der Waals surface area contributed by atoms with Crippen LogP contribution in [0.5, 0.6) is 5.75 Å². The molecule has 0 aliphatic heterocycles. The van der Waals surface area contributed by atoms with Crippen molar-refractivity contribution >= 4 is 17.5 Å². The Morgan fingerprint density at radius 1 is 1.37 bits per heavy atom. The Hall–Kier alpha value is -2.07. The minimum atomic E-state index is -0.238. The minimum absolute atomic E-state index is 0.238. The van der Waals surface area contributed by atoms with Gasteiger partial charge in [-0.05, 0) is 30.3 Å². The molecule has 4 nitrogen and oxygen atoms in total. The summed E-state index contributed by atoms with van der Waals surface area (Å²) in [7, 11) is 1.55. The maximum Gasteiger partial charge on any atom is 0.253 e. The quantitative estimate of drug-likeness (QED) is 0.934. The van der Waals surface area contributed by atoms with Gasteiger partial charge in [-0.15, -0.1) is 0 Å². The van der Waals surface area contributed by atoms with E-state index in [1.54, 1.807) is 31.5 Å². The predicted molar refractivity (Wildman–Crippen MR) is 73.4 cm³/mol. The Labute approximate surface area is 116 Å². The van der Waals surface area contributed by atoms with Gasteiger partial charge in [0.2, 0.25) is 0 Å². The van der Waals surface area contributed by atoms with Crippen LogP contribution in [0.15, 0.2) is 42.6 Å². The summed E-state index contributed by atoms with van der Waals surface area (Å²) in [6.07, 6.45) is 1.68. The maximum atomic E-state index is 12.0. The maximum absolute atomic E-state index is 12.0. The number of hydrogen-bond donors (Lipinski definition) is 1. The van der Waals surface area contributed by atoms with Gasteiger partial charge >= 0.3 is 0 Å². The van der Waals surface area contributed by atoms with Crippen molar-refractivity contribution in [2.24, 2.45) is 0 Å². The van der Waals surface area contributed by atoms with Crippen LogP contribution in [-0.2, 0) is 6.54 Å². The Bertz CT molecular complexity index is 573. The molecule has 98 valence electrons. The molecule has 19 heavy (non-hydrogen) atoms. The number of carbonyl (C=O) groups excluding carboxylic acids is 1. The SMILES string of the molecule is COc1ccc(C(=O)NCc2ccccn2)c(Cl)c1. The highest BCUT2D eigenvalue weighted by molar-refractivity contribution is 6.34. The molecule has 0 aliphatic carbocycles. The molecule has 0 aliphatic rings. The van der Waals surface area contributed by atoms with Gasteiger partial charge in [0.15, 0.2) is 0 Å². The van der Waals surface area contributed by atoms with Gasteiger partial charge in [0, 0.05) is 6.20 Å². The zero-order valence-electron chi connectivity index (χ0n) is 10.4. The van der Waals surface area contributed by atoms with Gasteiger partial charge in [-0.25, -0.2) is 0 Å². The first kappa shape index (κ1) is 13.4. The topological polar surface area (TPSA) is 51.2 Å². The molecule has 2 rings (SSSR count). The number of ether oxygens (including phenoxy) is 1. The third-order valence-corrected chi connectivity index (χ3v) is 2.89. The van der Waals surface area contributed by atoms with Crippen molar-refractivity contribution in [2.75, 3.05) is 7.11 Å². The number of rotatable bonds is 4. The van der Waals surface area contributed by atoms with Crippen LogP contribution in [0.1, 0.15) is 16.1 Å². The number of aromatic nitrogens is 1. The lowest BCUT2D eigenvalue weighted by Crippen LogP contribution is -2.23. The number of benzene rings is 1. The molecule has 5 heteroatoms. The van der Waals surface area contributed by atoms with Crippen molar-refractivity contribution in [3.63, 3.8) is 0 Å². The smallest absolute Gasteiger partial charge is 0.253 e. The molecule has 0 unspecified atom stereocenters. The summed E-state index contributed by atoms with van der Waals surface area (Å²) in [5.74, 6) is 0.379. The number of nitrogens with one attached hydrogen (secondary N) is 1. The summed E-state index contributed by atoms with van der Waals surface area (Å²) < 4.78 is 5.03. The van der Waals surface area contributed by atoms with Gasteiger partial charge in [-0.3, -0.25) is 9.78 Å². The van der Waals surface area contributed by atoms with E-state index in [0.717, 1.165) is 5.69 Å². The molecule has 0 radical (unpaired) electrons. The fraction of sp³-hybridized carbons (Fsp3) is 0.143. The predicted octanol–water partition coefficient (Wildman–Crippen LogP) is 2.67. The van der Waals surface area contributed by atoms with Gasteiger partial charge in [0.1, 0.15) is 5.75 Å². The van der Waals surface area contributed by atoms with Crippen molar-refractivity contribution in [3.05, 3.63) is 58.9 Å². The highest BCUT2D eigenvalue weighted by atomic mass is 35.5. The monoisotopic (exact) mass is 276 g/mol. The van der Waals surface area contributed by atoms with Crippen molar-refractivity contribution in [2.45, 2.75) is 6.54 Å². The zero-order chi connectivity index (χ0) is 13.7. The van der Waals surface area contributed by atoms with Gasteiger partial charge < -0.3 is 10.1 Å². The van der Waals surface area contributed by atoms with Crippen LogP contribution in [0.2, 0.25) is 5.02 Å². The van der Waals surface area contributed by atoms with Crippen LogP contribution in [0.25, 0.3) is 0 Å². The van der Waals surface area contributed by atoms with Crippen molar-refractivity contribution in [1.29, 1.82) is 0 Å². The zero-order valence-corrected chi connectivity index (χ0v) is 11.1. The van der Waals surface area contributed by atoms with Crippen molar-refractivity contribution in [3.8, 4) is 5.75 Å². The molecule has 0 bridgehead atoms. The van der Waals surface area contributed by atoms with E-state index in [4.69, 9.17) is 16.3 Å². The van der Waals surface area contributed by atoms with E-state index in [1.807, 2.05) is 18.2 Å². The normalized spacial score (nSPS) is 10.0. The van der Waals surface area contributed by atoms with Crippen LogP contribution in [0.3, 0.4) is 0 Å². The van der Waals surface area contributed by atoms with E-state index in [2.05, 4.69) is 10.3 Å². The molecule has 1 aromatic heterocycles. The third-order valence-electron chi connectivity index (χ3n) is 2.58. The first-order valence-corrected chi connectivity index (χ1v) is 6.10. The highest BCUT2D eigenvalue weighted by Crippen LogP contribution is 2.22. The highest BCUT2D eigenvalue weighted by Gasteiger charge is 2.10. The van der Waals surface area contributed by atoms with E-state index in [1.165, 1.54) is 0 Å². The summed E-state index contributed by atoms with van der Waals surface area (Å²) in [4.78, 5) is 16.1. The number of pyridine rings is 1. The molecule has 0 saturated heterocycles. The third kappa shape index (κ3) is 3.45. The Morgan fingerprint density at radius 2 is 2.21 bits per heavy atom. The van der Waals surface area contributed by atoms with Crippen molar-refractivity contribution in [1.82, 2.24) is 10.3 Å². The van der Waals surface area contributed by atoms with E-state index in [0.29, 0.717) is 22.9 Å². The van der Waals surface area contributed by atoms with Crippen LogP contribution >= 0.6 is 11.6 Å². The van der Waals surface area contributed by atoms with E-state index >= 15 is 0 Å². The number of hydrogen-bond acceptors (Lipinski definition) is 3. The van der Waals surface area contributed by atoms with Crippen molar-refractivity contribution < 1.29 is 9.53 Å². The molecule has 1 amide bonds. The lowest BCUT2D eigenvalue weighted by atomic mass is 10.2. The fourth-order valence-corrected chi connectivity index (χ4v) is 1.83. The van der Waals surface area contributed by atoms with Gasteiger partial charge in [-0.2, -0.15) is 0 Å². The van der Waals surface area contributed by atoms with Crippen LogP contribution < -0.4 is 10.1 Å². The number of carbonyl (C=O) groups is 1. The molecule has 1 aromatic carbocycles. The molecule has 0 saturated carbocycles. The van der Waals surface area contributed by atoms with E-state index in [-0.39, 0.29) is 5.91 Å². The molecule has 2 aromatic rings. The summed E-state index contributed by atoms with van der Waals surface area (Å²) in [5.41, 5.74) is 1.21. The van der Waals surface area contributed by atoms with Crippen LogP contribution in [-0.4, -0.2) is 18.0 Å². The van der Waals surface area contributed by atoms with Gasteiger partial charge in [0.25, 0.3) is 5.91 Å². The number of nitrogens with zero attached hydrogens (tertiary/aromatic N) is 1. The first-order chi connectivity index (χ1) is 9.20. The summed E-state index contributed by atoms with van der Waals surface area (Å²) in [5, 5.41) is 3.13. The van der Waals surface area contributed by atoms with Crippen LogP contribution in [0.4, 0.5) is 0 Å². The summed E-state index contributed by atoms with van der Waals surface area (Å²) in [6, 6.07) is 10.5. The van der Waals surface area contributed by atoms with E-state index < -0.39 is 0 Å². The molecule has 1 N–H and O–H groups in total. The Kier molecular flexibility index (Phi) is 4.36. The minimum Gasteiger partial charge on any atom is -0.497 e. The Morgan fingerprint density at radius 3 is 2.84 bits per heavy atom. The molecule has 0 spiro atoms. The van der Waals surface area contributed by atoms with Crippen LogP contribution in [0, 0.1) is 0 Å². The lowest BCUT2D eigenvalue weighted by molar-refractivity contribution is 0.0950. The second-order valence-corrected chi connectivity index (χ2v) is 4.26. The molecule has 0 atom stereocenters. The molecular weight excluding hydrogens is 264 g/mol. The molecule has 1 heterocycles. The standard InChI is InChI=1S/C14H13ClN2O2/c1-19-11-5-6-12(13(15)8-11)14(18)17-9-10-4-2-3-7-16-10/h2-8H,9H2,1H3,(H,17,18). The number of halogens is 1. The van der Waals surface area contributed by atoms with Gasteiger partial charge in [0.05, 0.1) is 29.9 Å². The molecule has 0 fully saturated rings. The second-order valence-electron chi connectivity index (χ2n) is 3.85. The average molecular weight is 277 g/mol.